The van der Waals surface area contributed by atoms with Crippen molar-refractivity contribution in [3.05, 3.63) is 42.5 Å². The molecule has 0 N–H and O–H groups in total. The van der Waals surface area contributed by atoms with Crippen LogP contribution in [0.25, 0.3) is 0 Å². The fraction of sp³-hybridized carbons (Fsp3) is 0.412. The maximum Gasteiger partial charge on any atom is 0.416 e. The number of hydrogen-bond donors (Lipinski definition) is 0. The highest BCUT2D eigenvalue weighted by molar-refractivity contribution is 5.88. The van der Waals surface area contributed by atoms with Gasteiger partial charge in [0.15, 0.2) is 0 Å². The normalized spacial score (nSPS) is 21.2. The van der Waals surface area contributed by atoms with Gasteiger partial charge < -0.3 is 14.7 Å². The van der Waals surface area contributed by atoms with Crippen molar-refractivity contribution in [1.82, 2.24) is 9.80 Å². The van der Waals surface area contributed by atoms with Crippen molar-refractivity contribution in [1.29, 1.82) is 0 Å². The van der Waals surface area contributed by atoms with Gasteiger partial charge in [-0.15, -0.1) is 0 Å². The van der Waals surface area contributed by atoms with E-state index in [0.717, 1.165) is 12.1 Å². The summed E-state index contributed by atoms with van der Waals surface area (Å²) in [6.07, 6.45) is -3.14. The number of hydrogen-bond acceptors (Lipinski definition) is 3. The van der Waals surface area contributed by atoms with Crippen molar-refractivity contribution in [3.63, 3.8) is 0 Å². The molecular formula is C17H18F3N3O2. The van der Waals surface area contributed by atoms with Gasteiger partial charge in [-0.3, -0.25) is 9.59 Å². The molecule has 2 aliphatic heterocycles. The Morgan fingerprint density at radius 3 is 2.44 bits per heavy atom. The first-order valence-electron chi connectivity index (χ1n) is 7.92. The van der Waals surface area contributed by atoms with Crippen LogP contribution in [0.1, 0.15) is 5.56 Å². The first-order valence-corrected chi connectivity index (χ1v) is 7.92. The number of alkyl halides is 3. The van der Waals surface area contributed by atoms with E-state index in [9.17, 15) is 22.8 Å². The minimum Gasteiger partial charge on any atom is -0.360 e. The molecule has 0 spiro atoms. The van der Waals surface area contributed by atoms with Crippen LogP contribution < -0.4 is 4.90 Å². The number of fused-ring (bicyclic) bond motifs is 1. The number of halogens is 3. The van der Waals surface area contributed by atoms with Crippen LogP contribution in [0.4, 0.5) is 18.9 Å². The van der Waals surface area contributed by atoms with E-state index in [-0.39, 0.29) is 24.4 Å². The summed E-state index contributed by atoms with van der Waals surface area (Å²) >= 11 is 0. The molecular weight excluding hydrogens is 335 g/mol. The molecule has 2 saturated heterocycles. The summed E-state index contributed by atoms with van der Waals surface area (Å²) in [5.74, 6) is -0.263. The average molecular weight is 353 g/mol. The largest absolute Gasteiger partial charge is 0.416 e. The molecule has 3 rings (SSSR count). The van der Waals surface area contributed by atoms with Gasteiger partial charge in [0.1, 0.15) is 0 Å². The maximum atomic E-state index is 12.7. The molecule has 0 aromatic heterocycles. The molecule has 134 valence electrons. The van der Waals surface area contributed by atoms with Gasteiger partial charge in [-0.2, -0.15) is 13.2 Å². The van der Waals surface area contributed by atoms with Crippen molar-refractivity contribution >= 4 is 17.5 Å². The number of anilines is 1. The second-order valence-corrected chi connectivity index (χ2v) is 6.15. The van der Waals surface area contributed by atoms with Crippen LogP contribution in [0.15, 0.2) is 36.9 Å². The minimum absolute atomic E-state index is 0.0816. The number of carbonyl (C=O) groups is 2. The molecule has 2 amide bonds. The number of rotatable bonds is 2. The summed E-state index contributed by atoms with van der Waals surface area (Å²) in [5.41, 5.74) is -0.158. The van der Waals surface area contributed by atoms with E-state index < -0.39 is 11.7 Å². The van der Waals surface area contributed by atoms with E-state index in [1.807, 2.05) is 0 Å². The van der Waals surface area contributed by atoms with E-state index in [2.05, 4.69) is 6.58 Å². The van der Waals surface area contributed by atoms with Crippen molar-refractivity contribution in [2.24, 2.45) is 0 Å². The Bertz CT molecular complexity index is 687. The summed E-state index contributed by atoms with van der Waals surface area (Å²) in [6.45, 7) is 5.39. The number of benzene rings is 1. The van der Waals surface area contributed by atoms with E-state index in [4.69, 9.17) is 0 Å². The second kappa shape index (κ2) is 6.42. The average Bonchev–Trinajstić information content (AvgIpc) is 2.59. The third-order valence-corrected chi connectivity index (χ3v) is 4.61. The summed E-state index contributed by atoms with van der Waals surface area (Å²) in [6, 6.07) is 4.60. The van der Waals surface area contributed by atoms with E-state index >= 15 is 0 Å². The summed E-state index contributed by atoms with van der Waals surface area (Å²) in [5, 5.41) is 0. The quantitative estimate of drug-likeness (QED) is 0.761. The highest BCUT2D eigenvalue weighted by Gasteiger charge is 2.37. The van der Waals surface area contributed by atoms with Crippen LogP contribution in [-0.2, 0) is 15.8 Å². The van der Waals surface area contributed by atoms with Crippen molar-refractivity contribution in [3.8, 4) is 0 Å². The van der Waals surface area contributed by atoms with Crippen LogP contribution in [0.3, 0.4) is 0 Å². The van der Waals surface area contributed by atoms with Gasteiger partial charge in [0, 0.05) is 31.9 Å². The van der Waals surface area contributed by atoms with E-state index in [1.54, 1.807) is 14.7 Å². The van der Waals surface area contributed by atoms with Crippen LogP contribution in [0.5, 0.6) is 0 Å². The molecule has 5 nitrogen and oxygen atoms in total. The predicted octanol–water partition coefficient (Wildman–Crippen LogP) is 1.75. The van der Waals surface area contributed by atoms with Crippen LogP contribution in [0.2, 0.25) is 0 Å². The molecule has 0 radical (unpaired) electrons. The van der Waals surface area contributed by atoms with Crippen molar-refractivity contribution < 1.29 is 22.8 Å². The molecule has 1 aromatic rings. The lowest BCUT2D eigenvalue weighted by molar-refractivity contribution is -0.141. The summed E-state index contributed by atoms with van der Waals surface area (Å²) in [7, 11) is 0. The Hall–Kier alpha value is -2.51. The standard InChI is InChI=1S/C17H18F3N3O2/c1-2-15(24)21-7-8-23-14(9-21)10-22(11-16(23)25)13-5-3-12(4-6-13)17(18,19)20/h2-6,14H,1,7-11H2. The lowest BCUT2D eigenvalue weighted by Gasteiger charge is -2.47. The SMILES string of the molecule is C=CC(=O)N1CCN2C(=O)CN(c3ccc(C(F)(F)F)cc3)CC2C1. The number of amides is 2. The number of piperazine rings is 2. The minimum atomic E-state index is -4.39. The monoisotopic (exact) mass is 353 g/mol. The van der Waals surface area contributed by atoms with Crippen LogP contribution in [0, 0.1) is 0 Å². The Balaban J connectivity index is 1.75. The highest BCUT2D eigenvalue weighted by Crippen LogP contribution is 2.31. The zero-order valence-electron chi connectivity index (χ0n) is 13.5. The molecule has 25 heavy (non-hydrogen) atoms. The van der Waals surface area contributed by atoms with Crippen molar-refractivity contribution in [2.45, 2.75) is 12.2 Å². The van der Waals surface area contributed by atoms with Crippen molar-refractivity contribution in [2.75, 3.05) is 37.6 Å². The predicted molar refractivity (Wildman–Crippen MR) is 85.9 cm³/mol. The van der Waals surface area contributed by atoms with Gasteiger partial charge in [0.2, 0.25) is 11.8 Å². The first-order chi connectivity index (χ1) is 11.8. The number of carbonyl (C=O) groups excluding carboxylic acids is 2. The van der Waals surface area contributed by atoms with Crippen LogP contribution >= 0.6 is 0 Å². The Morgan fingerprint density at radius 1 is 1.16 bits per heavy atom. The lowest BCUT2D eigenvalue weighted by atomic mass is 10.1. The van der Waals surface area contributed by atoms with Gasteiger partial charge >= 0.3 is 6.18 Å². The van der Waals surface area contributed by atoms with Gasteiger partial charge in [-0.05, 0) is 30.3 Å². The lowest BCUT2D eigenvalue weighted by Crippen LogP contribution is -2.65. The van der Waals surface area contributed by atoms with E-state index in [1.165, 1.54) is 18.2 Å². The Labute approximate surface area is 143 Å². The fourth-order valence-electron chi connectivity index (χ4n) is 3.30. The van der Waals surface area contributed by atoms with Gasteiger partial charge in [-0.25, -0.2) is 0 Å². The Kier molecular flexibility index (Phi) is 4.45. The molecule has 8 heteroatoms. The fourth-order valence-corrected chi connectivity index (χ4v) is 3.30. The molecule has 1 aromatic carbocycles. The molecule has 2 aliphatic rings. The summed E-state index contributed by atoms with van der Waals surface area (Å²) in [4.78, 5) is 29.3. The molecule has 0 saturated carbocycles. The highest BCUT2D eigenvalue weighted by atomic mass is 19.4. The maximum absolute atomic E-state index is 12.7. The Morgan fingerprint density at radius 2 is 1.84 bits per heavy atom. The second-order valence-electron chi connectivity index (χ2n) is 6.15. The zero-order chi connectivity index (χ0) is 18.2. The molecule has 2 heterocycles. The first kappa shape index (κ1) is 17.3. The molecule has 2 fully saturated rings. The molecule has 0 aliphatic carbocycles. The molecule has 0 bridgehead atoms. The topological polar surface area (TPSA) is 43.9 Å². The van der Waals surface area contributed by atoms with Gasteiger partial charge in [0.05, 0.1) is 18.2 Å². The smallest absolute Gasteiger partial charge is 0.360 e. The molecule has 1 unspecified atom stereocenters. The van der Waals surface area contributed by atoms with Gasteiger partial charge in [-0.1, -0.05) is 6.58 Å². The summed E-state index contributed by atoms with van der Waals surface area (Å²) < 4.78 is 38.0. The number of nitrogens with zero attached hydrogens (tertiary/aromatic N) is 3. The third-order valence-electron chi connectivity index (χ3n) is 4.61. The van der Waals surface area contributed by atoms with E-state index in [0.29, 0.717) is 31.9 Å². The third kappa shape index (κ3) is 3.47. The zero-order valence-corrected chi connectivity index (χ0v) is 13.5. The molecule has 1 atom stereocenters. The van der Waals surface area contributed by atoms with Crippen LogP contribution in [-0.4, -0.2) is 60.4 Å². The van der Waals surface area contributed by atoms with Gasteiger partial charge in [0.25, 0.3) is 0 Å².